The molecule has 0 aromatic heterocycles. The van der Waals surface area contributed by atoms with Crippen LogP contribution >= 0.6 is 0 Å². The molecule has 0 atom stereocenters. The molecule has 0 rings (SSSR count). The van der Waals surface area contributed by atoms with Gasteiger partial charge in [0.25, 0.3) is 0 Å². The van der Waals surface area contributed by atoms with Crippen molar-refractivity contribution in [3.05, 3.63) is 0 Å². The van der Waals surface area contributed by atoms with E-state index in [4.69, 9.17) is 28.4 Å². The fourth-order valence-electron chi connectivity index (χ4n) is 2.44. The molecule has 0 aliphatic heterocycles. The Balaban J connectivity index is 3.80. The van der Waals surface area contributed by atoms with E-state index < -0.39 is 0 Å². The van der Waals surface area contributed by atoms with Gasteiger partial charge >= 0.3 is 0 Å². The molecule has 0 aromatic rings. The molecular weight excluding hydrogens is 362 g/mol. The zero-order chi connectivity index (χ0) is 20.5. The first-order valence-electron chi connectivity index (χ1n) is 11.0. The van der Waals surface area contributed by atoms with Gasteiger partial charge in [0.1, 0.15) is 0 Å². The van der Waals surface area contributed by atoms with Crippen LogP contribution in [-0.4, -0.2) is 104 Å². The topological polar surface area (TPSA) is 58.6 Å². The van der Waals surface area contributed by atoms with Gasteiger partial charge < -0.3 is 28.4 Å². The van der Waals surface area contributed by atoms with E-state index in [9.17, 15) is 0 Å². The molecule has 0 saturated heterocycles. The Bertz CT molecular complexity index is 241. The van der Waals surface area contributed by atoms with Gasteiger partial charge in [0.2, 0.25) is 0 Å². The number of nitrogens with zero attached hydrogens (tertiary/aromatic N) is 1. The lowest BCUT2D eigenvalue weighted by molar-refractivity contribution is 0.0375. The summed E-state index contributed by atoms with van der Waals surface area (Å²) in [5, 5.41) is 0. The lowest BCUT2D eigenvalue weighted by Gasteiger charge is -2.22. The first kappa shape index (κ1) is 27.7. The fourth-order valence-corrected chi connectivity index (χ4v) is 2.44. The molecule has 0 heterocycles. The second-order valence-electron chi connectivity index (χ2n) is 6.33. The molecule has 7 heteroatoms. The smallest absolute Gasteiger partial charge is 0.0593 e. The third-order valence-corrected chi connectivity index (χ3v) is 4.00. The highest BCUT2D eigenvalue weighted by Crippen LogP contribution is 1.94. The van der Waals surface area contributed by atoms with Gasteiger partial charge in [-0.25, -0.2) is 0 Å². The third kappa shape index (κ3) is 22.0. The van der Waals surface area contributed by atoms with Crippen molar-refractivity contribution in [1.29, 1.82) is 0 Å². The fraction of sp³-hybridized carbons (Fsp3) is 1.00. The minimum absolute atomic E-state index is 0.723. The molecule has 0 unspecified atom stereocenters. The van der Waals surface area contributed by atoms with Crippen molar-refractivity contribution in [2.75, 3.05) is 98.9 Å². The summed E-state index contributed by atoms with van der Waals surface area (Å²) in [7, 11) is 0. The minimum atomic E-state index is 0.723. The average Bonchev–Trinajstić information content (AvgIpc) is 2.71. The number of hydrogen-bond donors (Lipinski definition) is 0. The van der Waals surface area contributed by atoms with E-state index >= 15 is 0 Å². The van der Waals surface area contributed by atoms with E-state index in [0.29, 0.717) is 0 Å². The highest BCUT2D eigenvalue weighted by Gasteiger charge is 2.05. The molecule has 170 valence electrons. The van der Waals surface area contributed by atoms with Crippen LogP contribution in [0.3, 0.4) is 0 Å². The van der Waals surface area contributed by atoms with Crippen LogP contribution in [0.4, 0.5) is 0 Å². The lowest BCUT2D eigenvalue weighted by Crippen LogP contribution is -2.34. The second-order valence-corrected chi connectivity index (χ2v) is 6.33. The van der Waals surface area contributed by atoms with Crippen molar-refractivity contribution >= 4 is 0 Å². The van der Waals surface area contributed by atoms with Crippen LogP contribution < -0.4 is 0 Å². The van der Waals surface area contributed by atoms with Crippen LogP contribution in [0.2, 0.25) is 0 Å². The molecular formula is C21H45NO6. The van der Waals surface area contributed by atoms with Crippen LogP contribution in [0, 0.1) is 0 Å². The Morgan fingerprint density at radius 2 is 0.679 bits per heavy atom. The van der Waals surface area contributed by atoms with Crippen molar-refractivity contribution in [2.24, 2.45) is 0 Å². The first-order chi connectivity index (χ1) is 13.8. The Morgan fingerprint density at radius 3 is 0.964 bits per heavy atom. The third-order valence-electron chi connectivity index (χ3n) is 4.00. The van der Waals surface area contributed by atoms with Crippen LogP contribution in [-0.2, 0) is 28.4 Å². The summed E-state index contributed by atoms with van der Waals surface area (Å²) in [5.74, 6) is 0. The van der Waals surface area contributed by atoms with Crippen molar-refractivity contribution in [1.82, 2.24) is 4.90 Å². The van der Waals surface area contributed by atoms with Gasteiger partial charge in [-0.15, -0.1) is 0 Å². The Kier molecular flexibility index (Phi) is 24.5. The number of hydrogen-bond acceptors (Lipinski definition) is 7. The second kappa shape index (κ2) is 24.8. The zero-order valence-electron chi connectivity index (χ0n) is 18.6. The maximum atomic E-state index is 5.72. The molecule has 0 aromatic carbocycles. The Hall–Kier alpha value is -0.280. The number of rotatable bonds is 24. The minimum Gasteiger partial charge on any atom is -0.382 e. The molecule has 7 nitrogen and oxygen atoms in total. The highest BCUT2D eigenvalue weighted by molar-refractivity contribution is 4.57. The monoisotopic (exact) mass is 407 g/mol. The number of ether oxygens (including phenoxy) is 6. The van der Waals surface area contributed by atoms with Crippen LogP contribution in [0.1, 0.15) is 40.0 Å². The van der Waals surface area contributed by atoms with Gasteiger partial charge in [0, 0.05) is 79.1 Å². The van der Waals surface area contributed by atoms with Gasteiger partial charge in [-0.05, 0) is 40.0 Å². The molecule has 0 radical (unpaired) electrons. The van der Waals surface area contributed by atoms with E-state index in [-0.39, 0.29) is 0 Å². The summed E-state index contributed by atoms with van der Waals surface area (Å²) in [5.41, 5.74) is 0. The molecule has 0 N–H and O–H groups in total. The first-order valence-corrected chi connectivity index (χ1v) is 11.0. The molecule has 0 spiro atoms. The summed E-state index contributed by atoms with van der Waals surface area (Å²) >= 11 is 0. The summed E-state index contributed by atoms with van der Waals surface area (Å²) in [6, 6.07) is 0. The molecule has 0 fully saturated rings. The Morgan fingerprint density at radius 1 is 0.393 bits per heavy atom. The molecule has 0 aliphatic carbocycles. The zero-order valence-corrected chi connectivity index (χ0v) is 18.6. The normalized spacial score (nSPS) is 11.6. The lowest BCUT2D eigenvalue weighted by atomic mass is 10.4. The molecule has 0 amide bonds. The quantitative estimate of drug-likeness (QED) is 0.228. The van der Waals surface area contributed by atoms with Gasteiger partial charge in [-0.2, -0.15) is 0 Å². The molecule has 0 bridgehead atoms. The standard InChI is InChI=1S/C21H45NO6/c1-4-23-13-7-16-26-19-10-22(11-20-27-17-8-14-24-5-2)12-21-28-18-9-15-25-6-3/h4-21H2,1-3H3. The van der Waals surface area contributed by atoms with Crippen molar-refractivity contribution in [2.45, 2.75) is 40.0 Å². The summed E-state index contributed by atoms with van der Waals surface area (Å²) in [6.07, 6.45) is 2.83. The van der Waals surface area contributed by atoms with Gasteiger partial charge in [-0.1, -0.05) is 0 Å². The Labute approximate surface area is 172 Å². The maximum absolute atomic E-state index is 5.72. The van der Waals surface area contributed by atoms with E-state index in [1.807, 2.05) is 20.8 Å². The van der Waals surface area contributed by atoms with E-state index in [1.54, 1.807) is 0 Å². The van der Waals surface area contributed by atoms with Crippen LogP contribution in [0.15, 0.2) is 0 Å². The van der Waals surface area contributed by atoms with Crippen molar-refractivity contribution in [3.8, 4) is 0 Å². The molecule has 0 aliphatic rings. The van der Waals surface area contributed by atoms with E-state index in [2.05, 4.69) is 4.90 Å². The van der Waals surface area contributed by atoms with E-state index in [1.165, 1.54) is 0 Å². The maximum Gasteiger partial charge on any atom is 0.0593 e. The van der Waals surface area contributed by atoms with Gasteiger partial charge in [-0.3, -0.25) is 4.90 Å². The molecule has 28 heavy (non-hydrogen) atoms. The summed E-state index contributed by atoms with van der Waals surface area (Å²) in [4.78, 5) is 2.34. The van der Waals surface area contributed by atoms with Crippen molar-refractivity contribution in [3.63, 3.8) is 0 Å². The van der Waals surface area contributed by atoms with Crippen molar-refractivity contribution < 1.29 is 28.4 Å². The van der Waals surface area contributed by atoms with Gasteiger partial charge in [0.15, 0.2) is 0 Å². The summed E-state index contributed by atoms with van der Waals surface area (Å²) < 4.78 is 33.1. The predicted octanol–water partition coefficient (Wildman–Crippen LogP) is 2.62. The average molecular weight is 408 g/mol. The van der Waals surface area contributed by atoms with Crippen LogP contribution in [0.25, 0.3) is 0 Å². The largest absolute Gasteiger partial charge is 0.382 e. The van der Waals surface area contributed by atoms with E-state index in [0.717, 1.165) is 118 Å². The highest BCUT2D eigenvalue weighted by atomic mass is 16.5. The SMILES string of the molecule is CCOCCCOCCN(CCOCCCOCC)CCOCCCOCC. The molecule has 0 saturated carbocycles. The summed E-state index contributed by atoms with van der Waals surface area (Å²) in [6.45, 7) is 17.7. The predicted molar refractivity (Wildman–Crippen MR) is 112 cm³/mol. The van der Waals surface area contributed by atoms with Crippen LogP contribution in [0.5, 0.6) is 0 Å². The van der Waals surface area contributed by atoms with Gasteiger partial charge in [0.05, 0.1) is 19.8 Å².